The molecule has 1 rings (SSSR count). The van der Waals surface area contributed by atoms with Gasteiger partial charge in [0.05, 0.1) is 11.4 Å². The van der Waals surface area contributed by atoms with Crippen molar-refractivity contribution >= 4 is 37.5 Å². The summed E-state index contributed by atoms with van der Waals surface area (Å²) in [5.74, 6) is -0.771. The first kappa shape index (κ1) is 19.9. The largest absolute Gasteiger partial charge is 0.512 e. The second-order valence-corrected chi connectivity index (χ2v) is 9.22. The van der Waals surface area contributed by atoms with E-state index in [1.54, 1.807) is 6.07 Å². The standard InChI is InChI=1S/C10H13F3N2O5S3/c11-10(12,13)23(19,20)15-22(17,18)5-1-4-21-7-2-3-8(14)9(16)6-7/h2-3,6,15-16H,1,4-5,14H2. The number of rotatable bonds is 7. The third kappa shape index (κ3) is 6.08. The van der Waals surface area contributed by atoms with Crippen LogP contribution in [0.5, 0.6) is 5.75 Å². The third-order valence-corrected chi connectivity index (χ3v) is 6.78. The second-order valence-electron chi connectivity index (χ2n) is 4.27. The molecule has 0 aromatic heterocycles. The van der Waals surface area contributed by atoms with Gasteiger partial charge in [-0.05, 0) is 30.4 Å². The molecule has 4 N–H and O–H groups in total. The van der Waals surface area contributed by atoms with Gasteiger partial charge in [-0.15, -0.1) is 15.9 Å². The number of nitrogens with one attached hydrogen (secondary N) is 1. The van der Waals surface area contributed by atoms with E-state index in [0.29, 0.717) is 9.02 Å². The molecule has 1 aromatic rings. The zero-order valence-corrected chi connectivity index (χ0v) is 13.8. The van der Waals surface area contributed by atoms with Crippen molar-refractivity contribution in [2.45, 2.75) is 16.8 Å². The Morgan fingerprint density at radius 3 is 2.35 bits per heavy atom. The lowest BCUT2D eigenvalue weighted by atomic mass is 10.3. The van der Waals surface area contributed by atoms with Crippen molar-refractivity contribution in [3.05, 3.63) is 18.2 Å². The summed E-state index contributed by atoms with van der Waals surface area (Å²) >= 11 is 1.13. The number of aromatic hydroxyl groups is 1. The molecule has 0 aliphatic rings. The first-order valence-electron chi connectivity index (χ1n) is 5.88. The number of hydrogen-bond donors (Lipinski definition) is 3. The SMILES string of the molecule is Nc1ccc(SCCCS(=O)(=O)NS(=O)(=O)C(F)(F)F)cc1O. The van der Waals surface area contributed by atoms with Crippen molar-refractivity contribution in [2.24, 2.45) is 0 Å². The van der Waals surface area contributed by atoms with Gasteiger partial charge in [-0.2, -0.15) is 13.2 Å². The molecule has 7 nitrogen and oxygen atoms in total. The van der Waals surface area contributed by atoms with Gasteiger partial charge in [-0.25, -0.2) is 16.8 Å². The van der Waals surface area contributed by atoms with Crippen molar-refractivity contribution < 1.29 is 35.1 Å². The first-order valence-corrected chi connectivity index (χ1v) is 10.00. The maximum Gasteiger partial charge on any atom is 0.512 e. The number of anilines is 1. The van der Waals surface area contributed by atoms with Gasteiger partial charge < -0.3 is 10.8 Å². The monoisotopic (exact) mass is 394 g/mol. The first-order chi connectivity index (χ1) is 10.3. The molecule has 0 saturated carbocycles. The molecule has 0 heterocycles. The number of alkyl halides is 3. The summed E-state index contributed by atoms with van der Waals surface area (Å²) in [4.78, 5) is 0.574. The molecule has 0 aliphatic carbocycles. The fraction of sp³-hybridized carbons (Fsp3) is 0.400. The predicted octanol–water partition coefficient (Wildman–Crippen LogP) is 1.23. The van der Waals surface area contributed by atoms with Gasteiger partial charge in [0.2, 0.25) is 10.0 Å². The van der Waals surface area contributed by atoms with Crippen LogP contribution in [0, 0.1) is 0 Å². The molecular formula is C10H13F3N2O5S3. The number of benzene rings is 1. The van der Waals surface area contributed by atoms with E-state index in [-0.39, 0.29) is 23.6 Å². The molecule has 0 radical (unpaired) electrons. The van der Waals surface area contributed by atoms with E-state index in [1.165, 1.54) is 12.1 Å². The van der Waals surface area contributed by atoms with E-state index < -0.39 is 31.3 Å². The van der Waals surface area contributed by atoms with Crippen LogP contribution in [0.25, 0.3) is 0 Å². The molecule has 0 bridgehead atoms. The fourth-order valence-corrected chi connectivity index (χ4v) is 4.95. The summed E-state index contributed by atoms with van der Waals surface area (Å²) in [6, 6.07) is 4.35. The number of nitrogens with two attached hydrogens (primary N) is 1. The summed E-state index contributed by atoms with van der Waals surface area (Å²) in [6.45, 7) is 0. The average Bonchev–Trinajstić information content (AvgIpc) is 2.36. The lowest BCUT2D eigenvalue weighted by Crippen LogP contribution is -2.41. The van der Waals surface area contributed by atoms with Gasteiger partial charge in [0, 0.05) is 4.90 Å². The molecule has 1 aromatic carbocycles. The number of nitrogen functional groups attached to an aromatic ring is 1. The Bertz CT molecular complexity index is 762. The van der Waals surface area contributed by atoms with E-state index in [4.69, 9.17) is 5.73 Å². The van der Waals surface area contributed by atoms with Crippen LogP contribution >= 0.6 is 11.8 Å². The average molecular weight is 394 g/mol. The van der Waals surface area contributed by atoms with Gasteiger partial charge in [-0.1, -0.05) is 0 Å². The highest BCUT2D eigenvalue weighted by atomic mass is 32.3. The number of phenols is 1. The minimum absolute atomic E-state index is 0.0987. The van der Waals surface area contributed by atoms with E-state index in [0.717, 1.165) is 11.8 Å². The van der Waals surface area contributed by atoms with Gasteiger partial charge >= 0.3 is 15.5 Å². The lowest BCUT2D eigenvalue weighted by molar-refractivity contribution is -0.0441. The second kappa shape index (κ2) is 7.15. The zero-order valence-electron chi connectivity index (χ0n) is 11.4. The van der Waals surface area contributed by atoms with Gasteiger partial charge in [-0.3, -0.25) is 0 Å². The number of hydrogen-bond acceptors (Lipinski definition) is 7. The van der Waals surface area contributed by atoms with Crippen LogP contribution in [-0.4, -0.2) is 39.0 Å². The minimum atomic E-state index is -5.95. The van der Waals surface area contributed by atoms with Crippen LogP contribution in [0.3, 0.4) is 0 Å². The molecule has 0 amide bonds. The maximum absolute atomic E-state index is 12.1. The normalized spacial score (nSPS) is 13.2. The van der Waals surface area contributed by atoms with E-state index in [2.05, 4.69) is 0 Å². The summed E-state index contributed by atoms with van der Waals surface area (Å²) in [6.07, 6.45) is -0.0987. The van der Waals surface area contributed by atoms with Crippen LogP contribution < -0.4 is 9.86 Å². The van der Waals surface area contributed by atoms with E-state index >= 15 is 0 Å². The Labute approximate surface area is 135 Å². The van der Waals surface area contributed by atoms with Crippen molar-refractivity contribution in [3.63, 3.8) is 0 Å². The minimum Gasteiger partial charge on any atom is -0.506 e. The van der Waals surface area contributed by atoms with Gasteiger partial charge in [0.1, 0.15) is 5.75 Å². The highest BCUT2D eigenvalue weighted by Gasteiger charge is 2.48. The van der Waals surface area contributed by atoms with Crippen molar-refractivity contribution in [3.8, 4) is 5.75 Å². The topological polar surface area (TPSA) is 127 Å². The quantitative estimate of drug-likeness (QED) is 0.275. The van der Waals surface area contributed by atoms with Gasteiger partial charge in [0.25, 0.3) is 0 Å². The third-order valence-electron chi connectivity index (χ3n) is 2.37. The zero-order chi connectivity index (χ0) is 17.9. The van der Waals surface area contributed by atoms with Crippen LogP contribution in [0.15, 0.2) is 23.1 Å². The van der Waals surface area contributed by atoms with Crippen molar-refractivity contribution in [1.29, 1.82) is 0 Å². The maximum atomic E-state index is 12.1. The number of thioether (sulfide) groups is 1. The fourth-order valence-electron chi connectivity index (χ4n) is 1.31. The molecule has 0 spiro atoms. The predicted molar refractivity (Wildman–Crippen MR) is 79.8 cm³/mol. The van der Waals surface area contributed by atoms with Crippen molar-refractivity contribution in [2.75, 3.05) is 17.2 Å². The molecule has 23 heavy (non-hydrogen) atoms. The summed E-state index contributed by atoms with van der Waals surface area (Å²) in [7, 11) is -10.6. The molecule has 0 saturated heterocycles. The smallest absolute Gasteiger partial charge is 0.506 e. The molecule has 0 unspecified atom stereocenters. The summed E-state index contributed by atoms with van der Waals surface area (Å²) in [5, 5.41) is 9.37. The number of phenolic OH excluding ortho intramolecular Hbond substituents is 1. The number of sulfonamides is 2. The lowest BCUT2D eigenvalue weighted by Gasteiger charge is -2.10. The molecule has 0 atom stereocenters. The molecular weight excluding hydrogens is 381 g/mol. The Morgan fingerprint density at radius 2 is 1.83 bits per heavy atom. The van der Waals surface area contributed by atoms with E-state index in [9.17, 15) is 35.1 Å². The van der Waals surface area contributed by atoms with Crippen LogP contribution in [0.4, 0.5) is 18.9 Å². The van der Waals surface area contributed by atoms with E-state index in [1.807, 2.05) is 0 Å². The van der Waals surface area contributed by atoms with Crippen LogP contribution in [0.2, 0.25) is 0 Å². The molecule has 13 heteroatoms. The highest BCUT2D eigenvalue weighted by molar-refractivity contribution is 8.05. The van der Waals surface area contributed by atoms with Crippen molar-refractivity contribution in [1.82, 2.24) is 4.13 Å². The Balaban J connectivity index is 2.53. The van der Waals surface area contributed by atoms with Crippen LogP contribution in [-0.2, 0) is 20.0 Å². The Kier molecular flexibility index (Phi) is 6.18. The Hall–Kier alpha value is -1.18. The molecule has 132 valence electrons. The Morgan fingerprint density at radius 1 is 1.22 bits per heavy atom. The van der Waals surface area contributed by atoms with Crippen LogP contribution in [0.1, 0.15) is 6.42 Å². The summed E-state index contributed by atoms with van der Waals surface area (Å²) in [5.41, 5.74) is -0.134. The highest BCUT2D eigenvalue weighted by Crippen LogP contribution is 2.27. The molecule has 0 fully saturated rings. The van der Waals surface area contributed by atoms with Gasteiger partial charge in [0.15, 0.2) is 0 Å². The summed E-state index contributed by atoms with van der Waals surface area (Å²) < 4.78 is 81.1. The molecule has 0 aliphatic heterocycles. The number of halogens is 3.